The highest BCUT2D eigenvalue weighted by Crippen LogP contribution is 2.29. The summed E-state index contributed by atoms with van der Waals surface area (Å²) >= 11 is 0. The molecule has 0 amide bonds. The van der Waals surface area contributed by atoms with Gasteiger partial charge in [-0.15, -0.1) is 0 Å². The quantitative estimate of drug-likeness (QED) is 0.585. The van der Waals surface area contributed by atoms with Gasteiger partial charge < -0.3 is 4.90 Å². The minimum atomic E-state index is -3.47. The minimum absolute atomic E-state index is 0.380. The topological polar surface area (TPSA) is 58.4 Å². The van der Waals surface area contributed by atoms with Crippen LogP contribution in [-0.4, -0.2) is 48.7 Å². The first kappa shape index (κ1) is 21.6. The predicted octanol–water partition coefficient (Wildman–Crippen LogP) is 3.95. The number of sulfonamides is 1. The second-order valence-electron chi connectivity index (χ2n) is 8.05. The van der Waals surface area contributed by atoms with Gasteiger partial charge in [0, 0.05) is 26.2 Å². The largest absolute Gasteiger partial charge is 0.366 e. The number of piperazine rings is 1. The normalized spacial score (nSPS) is 15.4. The lowest BCUT2D eigenvalue weighted by Gasteiger charge is -2.35. The van der Waals surface area contributed by atoms with E-state index in [4.69, 9.17) is 5.10 Å². The number of hydrogen-bond acceptors (Lipinski definition) is 4. The maximum absolute atomic E-state index is 13.1. The van der Waals surface area contributed by atoms with Crippen LogP contribution in [0.4, 0.5) is 5.69 Å². The Labute approximate surface area is 185 Å². The molecule has 0 radical (unpaired) electrons. The van der Waals surface area contributed by atoms with E-state index in [1.165, 1.54) is 5.56 Å². The Morgan fingerprint density at radius 3 is 2.16 bits per heavy atom. The SMILES string of the molecule is CCCc1ccc(S(=O)(=O)N2CCN(c3c(C)nn(-c4ccccc4)c3C)CC2)cc1. The molecule has 1 saturated heterocycles. The van der Waals surface area contributed by atoms with E-state index >= 15 is 0 Å². The summed E-state index contributed by atoms with van der Waals surface area (Å²) in [6.45, 7) is 8.44. The van der Waals surface area contributed by atoms with Crippen LogP contribution in [0.25, 0.3) is 5.69 Å². The van der Waals surface area contributed by atoms with Gasteiger partial charge in [-0.25, -0.2) is 13.1 Å². The molecule has 4 rings (SSSR count). The summed E-state index contributed by atoms with van der Waals surface area (Å²) in [6, 6.07) is 17.4. The van der Waals surface area contributed by atoms with Crippen molar-refractivity contribution in [1.82, 2.24) is 14.1 Å². The first-order valence-electron chi connectivity index (χ1n) is 10.9. The lowest BCUT2D eigenvalue weighted by molar-refractivity contribution is 0.384. The zero-order valence-corrected chi connectivity index (χ0v) is 19.3. The van der Waals surface area contributed by atoms with Gasteiger partial charge in [0.1, 0.15) is 0 Å². The summed E-state index contributed by atoms with van der Waals surface area (Å²) in [4.78, 5) is 2.64. The van der Waals surface area contributed by atoms with Crippen molar-refractivity contribution in [3.8, 4) is 5.69 Å². The van der Waals surface area contributed by atoms with Gasteiger partial charge in [0.2, 0.25) is 10.0 Å². The molecule has 1 aromatic heterocycles. The highest BCUT2D eigenvalue weighted by atomic mass is 32.2. The van der Waals surface area contributed by atoms with Crippen LogP contribution in [0, 0.1) is 13.8 Å². The van der Waals surface area contributed by atoms with E-state index in [1.54, 1.807) is 16.4 Å². The average Bonchev–Trinajstić information content (AvgIpc) is 3.09. The third-order valence-corrected chi connectivity index (χ3v) is 7.82. The van der Waals surface area contributed by atoms with E-state index in [0.29, 0.717) is 31.1 Å². The second kappa shape index (κ2) is 8.85. The maximum atomic E-state index is 13.1. The first-order chi connectivity index (χ1) is 14.9. The lowest BCUT2D eigenvalue weighted by atomic mass is 10.1. The molecule has 0 unspecified atom stereocenters. The zero-order valence-electron chi connectivity index (χ0n) is 18.5. The molecular weight excluding hydrogens is 408 g/mol. The van der Waals surface area contributed by atoms with Crippen LogP contribution >= 0.6 is 0 Å². The molecule has 0 aliphatic carbocycles. The molecule has 1 aliphatic heterocycles. The smallest absolute Gasteiger partial charge is 0.243 e. The first-order valence-corrected chi connectivity index (χ1v) is 12.3. The molecular formula is C24H30N4O2S. The van der Waals surface area contributed by atoms with Crippen LogP contribution in [0.15, 0.2) is 59.5 Å². The van der Waals surface area contributed by atoms with E-state index < -0.39 is 10.0 Å². The molecule has 1 aliphatic rings. The van der Waals surface area contributed by atoms with Gasteiger partial charge in [0.25, 0.3) is 0 Å². The summed E-state index contributed by atoms with van der Waals surface area (Å²) in [5, 5.41) is 4.74. The number of para-hydroxylation sites is 1. The van der Waals surface area contributed by atoms with Gasteiger partial charge in [-0.1, -0.05) is 43.7 Å². The standard InChI is InChI=1S/C24H30N4O2S/c1-4-8-21-11-13-23(14-12-21)31(29,30)27-17-15-26(16-18-27)24-19(2)25-28(20(24)3)22-9-6-5-7-10-22/h5-7,9-14H,4,8,15-18H2,1-3H3. The van der Waals surface area contributed by atoms with E-state index in [9.17, 15) is 8.42 Å². The summed E-state index contributed by atoms with van der Waals surface area (Å²) < 4.78 is 29.8. The fourth-order valence-corrected chi connectivity index (χ4v) is 5.75. The van der Waals surface area contributed by atoms with Crippen LogP contribution < -0.4 is 4.90 Å². The number of aryl methyl sites for hydroxylation is 2. The van der Waals surface area contributed by atoms with Crippen LogP contribution in [0.2, 0.25) is 0 Å². The van der Waals surface area contributed by atoms with Crippen molar-refractivity contribution < 1.29 is 8.42 Å². The Balaban J connectivity index is 1.49. The van der Waals surface area contributed by atoms with Crippen molar-refractivity contribution in [2.24, 2.45) is 0 Å². The van der Waals surface area contributed by atoms with Gasteiger partial charge in [0.05, 0.1) is 27.7 Å². The predicted molar refractivity (Wildman–Crippen MR) is 124 cm³/mol. The number of rotatable bonds is 6. The molecule has 31 heavy (non-hydrogen) atoms. The summed E-state index contributed by atoms with van der Waals surface area (Å²) in [5.41, 5.74) is 5.34. The molecule has 7 heteroatoms. The summed E-state index contributed by atoms with van der Waals surface area (Å²) in [6.07, 6.45) is 2.02. The van der Waals surface area contributed by atoms with Crippen molar-refractivity contribution in [3.05, 3.63) is 71.5 Å². The lowest BCUT2D eigenvalue weighted by Crippen LogP contribution is -2.49. The Kier molecular flexibility index (Phi) is 6.16. The van der Waals surface area contributed by atoms with E-state index in [1.807, 2.05) is 54.1 Å². The van der Waals surface area contributed by atoms with Crippen molar-refractivity contribution in [2.45, 2.75) is 38.5 Å². The maximum Gasteiger partial charge on any atom is 0.243 e. The van der Waals surface area contributed by atoms with E-state index in [2.05, 4.69) is 18.7 Å². The van der Waals surface area contributed by atoms with Crippen molar-refractivity contribution in [2.75, 3.05) is 31.1 Å². The number of nitrogens with zero attached hydrogens (tertiary/aromatic N) is 4. The van der Waals surface area contributed by atoms with E-state index in [0.717, 1.165) is 35.6 Å². The molecule has 0 spiro atoms. The van der Waals surface area contributed by atoms with Crippen LogP contribution in [0.1, 0.15) is 30.3 Å². The Morgan fingerprint density at radius 1 is 0.903 bits per heavy atom. The molecule has 0 N–H and O–H groups in total. The molecule has 164 valence electrons. The van der Waals surface area contributed by atoms with Gasteiger partial charge in [-0.05, 0) is 50.1 Å². The van der Waals surface area contributed by atoms with Crippen molar-refractivity contribution >= 4 is 15.7 Å². The van der Waals surface area contributed by atoms with Crippen molar-refractivity contribution in [1.29, 1.82) is 0 Å². The van der Waals surface area contributed by atoms with Crippen LogP contribution in [0.3, 0.4) is 0 Å². The fraction of sp³-hybridized carbons (Fsp3) is 0.375. The van der Waals surface area contributed by atoms with Gasteiger partial charge in [-0.3, -0.25) is 0 Å². The number of benzene rings is 2. The number of aromatic nitrogens is 2. The molecule has 0 bridgehead atoms. The Morgan fingerprint density at radius 2 is 1.55 bits per heavy atom. The van der Waals surface area contributed by atoms with Gasteiger partial charge in [0.15, 0.2) is 0 Å². The Hall–Kier alpha value is -2.64. The van der Waals surface area contributed by atoms with Gasteiger partial charge >= 0.3 is 0 Å². The number of anilines is 1. The molecule has 0 saturated carbocycles. The van der Waals surface area contributed by atoms with Crippen LogP contribution in [0.5, 0.6) is 0 Å². The summed E-state index contributed by atoms with van der Waals surface area (Å²) in [7, 11) is -3.47. The molecule has 0 atom stereocenters. The third-order valence-electron chi connectivity index (χ3n) is 5.91. The fourth-order valence-electron chi connectivity index (χ4n) is 4.33. The highest BCUT2D eigenvalue weighted by Gasteiger charge is 2.30. The molecule has 3 aromatic rings. The minimum Gasteiger partial charge on any atom is -0.366 e. The monoisotopic (exact) mass is 438 g/mol. The van der Waals surface area contributed by atoms with E-state index in [-0.39, 0.29) is 0 Å². The highest BCUT2D eigenvalue weighted by molar-refractivity contribution is 7.89. The van der Waals surface area contributed by atoms with Gasteiger partial charge in [-0.2, -0.15) is 9.40 Å². The zero-order chi connectivity index (χ0) is 22.0. The van der Waals surface area contributed by atoms with Crippen LogP contribution in [-0.2, 0) is 16.4 Å². The second-order valence-corrected chi connectivity index (χ2v) is 9.99. The molecule has 2 heterocycles. The third kappa shape index (κ3) is 4.25. The summed E-state index contributed by atoms with van der Waals surface area (Å²) in [5.74, 6) is 0. The Bertz CT molecular complexity index is 1130. The molecule has 2 aromatic carbocycles. The molecule has 6 nitrogen and oxygen atoms in total. The molecule has 1 fully saturated rings. The van der Waals surface area contributed by atoms with Crippen molar-refractivity contribution in [3.63, 3.8) is 0 Å². The average molecular weight is 439 g/mol. The number of hydrogen-bond donors (Lipinski definition) is 0.